The average Bonchev–Trinajstić information content (AvgIpc) is 2.96. The molecule has 2 aliphatic heterocycles. The number of nitrogens with zero attached hydrogens (tertiary/aromatic N) is 1. The minimum atomic E-state index is -0.573. The molecule has 2 fully saturated rings. The van der Waals surface area contributed by atoms with Crippen LogP contribution in [0.3, 0.4) is 0 Å². The summed E-state index contributed by atoms with van der Waals surface area (Å²) in [5, 5.41) is 4.14. The van der Waals surface area contributed by atoms with Gasteiger partial charge in [-0.2, -0.15) is 0 Å². The molecule has 0 atom stereocenters. The number of carbonyl (C=O) groups excluding carboxylic acids is 1. The summed E-state index contributed by atoms with van der Waals surface area (Å²) in [6, 6.07) is 7.68. The highest BCUT2D eigenvalue weighted by Crippen LogP contribution is 2.39. The summed E-state index contributed by atoms with van der Waals surface area (Å²) >= 11 is 6.31. The van der Waals surface area contributed by atoms with Crippen molar-refractivity contribution in [2.24, 2.45) is 5.41 Å². The minimum Gasteiger partial charge on any atom is -0.342 e. The number of halogens is 2. The third-order valence-corrected chi connectivity index (χ3v) is 5.85. The van der Waals surface area contributed by atoms with Crippen LogP contribution >= 0.6 is 24.0 Å². The van der Waals surface area contributed by atoms with E-state index in [0.29, 0.717) is 10.4 Å². The number of hydrogen-bond donors (Lipinski definition) is 1. The van der Waals surface area contributed by atoms with Crippen molar-refractivity contribution < 1.29 is 4.79 Å². The predicted octanol–water partition coefficient (Wildman–Crippen LogP) is 3.64. The molecular weight excluding hydrogens is 331 g/mol. The van der Waals surface area contributed by atoms with Gasteiger partial charge in [-0.05, 0) is 56.7 Å². The molecule has 23 heavy (non-hydrogen) atoms. The van der Waals surface area contributed by atoms with E-state index in [2.05, 4.69) is 5.32 Å². The first kappa shape index (κ1) is 18.6. The molecule has 3 rings (SSSR count). The molecule has 2 saturated heterocycles. The van der Waals surface area contributed by atoms with Gasteiger partial charge in [-0.15, -0.1) is 12.4 Å². The number of carbonyl (C=O) groups is 1. The fraction of sp³-hybridized carbons (Fsp3) is 0.611. The highest BCUT2D eigenvalue weighted by molar-refractivity contribution is 6.31. The van der Waals surface area contributed by atoms with Gasteiger partial charge in [0.1, 0.15) is 0 Å². The molecule has 2 aliphatic rings. The van der Waals surface area contributed by atoms with E-state index in [4.69, 9.17) is 11.6 Å². The lowest BCUT2D eigenvalue weighted by atomic mass is 9.76. The van der Waals surface area contributed by atoms with E-state index in [9.17, 15) is 4.79 Å². The number of hydrogen-bond acceptors (Lipinski definition) is 2. The molecular formula is C18H26Cl2N2O. The highest BCUT2D eigenvalue weighted by atomic mass is 35.5. The maximum absolute atomic E-state index is 13.0. The average molecular weight is 357 g/mol. The lowest BCUT2D eigenvalue weighted by Gasteiger charge is -2.41. The van der Waals surface area contributed by atoms with Crippen molar-refractivity contribution in [1.82, 2.24) is 10.2 Å². The molecule has 0 aromatic heterocycles. The van der Waals surface area contributed by atoms with Crippen LogP contribution in [0.5, 0.6) is 0 Å². The summed E-state index contributed by atoms with van der Waals surface area (Å²) in [6.45, 7) is 7.95. The van der Waals surface area contributed by atoms with Crippen LogP contribution in [0.1, 0.15) is 38.7 Å². The van der Waals surface area contributed by atoms with Crippen LogP contribution in [0.15, 0.2) is 24.3 Å². The zero-order chi connectivity index (χ0) is 15.8. The molecule has 2 heterocycles. The second kappa shape index (κ2) is 7.00. The Morgan fingerprint density at radius 3 is 2.43 bits per heavy atom. The van der Waals surface area contributed by atoms with Crippen LogP contribution < -0.4 is 5.32 Å². The number of piperidine rings is 1. The smallest absolute Gasteiger partial charge is 0.232 e. The maximum atomic E-state index is 13.0. The fourth-order valence-electron chi connectivity index (χ4n) is 3.88. The van der Waals surface area contributed by atoms with E-state index in [1.54, 1.807) is 0 Å². The van der Waals surface area contributed by atoms with Crippen molar-refractivity contribution in [2.45, 2.75) is 38.5 Å². The summed E-state index contributed by atoms with van der Waals surface area (Å²) in [5.41, 5.74) is 0.784. The van der Waals surface area contributed by atoms with Gasteiger partial charge < -0.3 is 10.2 Å². The van der Waals surface area contributed by atoms with Crippen molar-refractivity contribution in [2.75, 3.05) is 26.2 Å². The summed E-state index contributed by atoms with van der Waals surface area (Å²) in [5.74, 6) is 0.196. The summed E-state index contributed by atoms with van der Waals surface area (Å²) in [7, 11) is 0. The zero-order valence-corrected chi connectivity index (χ0v) is 15.5. The number of likely N-dealkylation sites (tertiary alicyclic amines) is 1. The molecule has 1 aromatic rings. The Morgan fingerprint density at radius 1 is 1.22 bits per heavy atom. The van der Waals surface area contributed by atoms with E-state index >= 15 is 0 Å². The normalized spacial score (nSPS) is 20.4. The first-order valence-electron chi connectivity index (χ1n) is 8.20. The molecule has 1 aromatic carbocycles. The van der Waals surface area contributed by atoms with Gasteiger partial charge in [-0.3, -0.25) is 4.79 Å². The van der Waals surface area contributed by atoms with Gasteiger partial charge in [0, 0.05) is 24.7 Å². The fourth-order valence-corrected chi connectivity index (χ4v) is 4.26. The molecule has 1 amide bonds. The third-order valence-electron chi connectivity index (χ3n) is 5.53. The van der Waals surface area contributed by atoms with E-state index < -0.39 is 5.41 Å². The monoisotopic (exact) mass is 356 g/mol. The van der Waals surface area contributed by atoms with Gasteiger partial charge in [0.15, 0.2) is 0 Å². The van der Waals surface area contributed by atoms with Gasteiger partial charge >= 0.3 is 0 Å². The Hall–Kier alpha value is -0.770. The lowest BCUT2D eigenvalue weighted by molar-refractivity contribution is -0.138. The molecule has 1 N–H and O–H groups in total. The van der Waals surface area contributed by atoms with Crippen molar-refractivity contribution >= 4 is 29.9 Å². The molecule has 0 aliphatic carbocycles. The van der Waals surface area contributed by atoms with Crippen molar-refractivity contribution in [3.05, 3.63) is 34.9 Å². The van der Waals surface area contributed by atoms with E-state index in [-0.39, 0.29) is 18.3 Å². The molecule has 1 spiro atoms. The highest BCUT2D eigenvalue weighted by Gasteiger charge is 2.41. The summed E-state index contributed by atoms with van der Waals surface area (Å²) in [6.07, 6.45) is 3.48. The number of benzene rings is 1. The molecule has 0 bridgehead atoms. The zero-order valence-electron chi connectivity index (χ0n) is 13.9. The summed E-state index contributed by atoms with van der Waals surface area (Å²) in [4.78, 5) is 15.1. The van der Waals surface area contributed by atoms with Gasteiger partial charge in [-0.25, -0.2) is 0 Å². The standard InChI is InChI=1S/C18H25ClN2O.ClH/c1-17(2,14-5-3-4-6-15(14)19)16(22)21-11-8-18(9-12-21)7-10-20-13-18;/h3-6,20H,7-13H2,1-2H3;1H. The first-order chi connectivity index (χ1) is 10.4. The molecule has 0 radical (unpaired) electrons. The van der Waals surface area contributed by atoms with E-state index in [0.717, 1.165) is 44.6 Å². The Morgan fingerprint density at radius 2 is 1.87 bits per heavy atom. The van der Waals surface area contributed by atoms with Gasteiger partial charge in [0.2, 0.25) is 5.91 Å². The van der Waals surface area contributed by atoms with Crippen LogP contribution in [-0.4, -0.2) is 37.0 Å². The molecule has 0 unspecified atom stereocenters. The van der Waals surface area contributed by atoms with Crippen LogP contribution in [0.2, 0.25) is 5.02 Å². The minimum absolute atomic E-state index is 0. The maximum Gasteiger partial charge on any atom is 0.232 e. The molecule has 0 saturated carbocycles. The van der Waals surface area contributed by atoms with Crippen LogP contribution in [-0.2, 0) is 10.2 Å². The van der Waals surface area contributed by atoms with Crippen LogP contribution in [0.4, 0.5) is 0 Å². The molecule has 5 heteroatoms. The third kappa shape index (κ3) is 3.52. The Balaban J connectivity index is 0.00000192. The van der Waals surface area contributed by atoms with Gasteiger partial charge in [0.05, 0.1) is 5.41 Å². The number of rotatable bonds is 2. The van der Waals surface area contributed by atoms with E-state index in [1.807, 2.05) is 43.0 Å². The quantitative estimate of drug-likeness (QED) is 0.877. The van der Waals surface area contributed by atoms with Gasteiger partial charge in [0.25, 0.3) is 0 Å². The topological polar surface area (TPSA) is 32.3 Å². The predicted molar refractivity (Wildman–Crippen MR) is 97.5 cm³/mol. The number of amides is 1. The van der Waals surface area contributed by atoms with E-state index in [1.165, 1.54) is 6.42 Å². The molecule has 128 valence electrons. The summed E-state index contributed by atoms with van der Waals surface area (Å²) < 4.78 is 0. The second-order valence-corrected chi connectivity index (χ2v) is 7.73. The molecule has 3 nitrogen and oxygen atoms in total. The second-order valence-electron chi connectivity index (χ2n) is 7.32. The number of nitrogens with one attached hydrogen (secondary N) is 1. The first-order valence-corrected chi connectivity index (χ1v) is 8.58. The Labute approximate surface area is 150 Å². The SMILES string of the molecule is CC(C)(C(=O)N1CCC2(CCNC2)CC1)c1ccccc1Cl.Cl. The van der Waals surface area contributed by atoms with Crippen molar-refractivity contribution in [3.63, 3.8) is 0 Å². The lowest BCUT2D eigenvalue weighted by Crippen LogP contribution is -2.49. The van der Waals surface area contributed by atoms with Gasteiger partial charge in [-0.1, -0.05) is 29.8 Å². The van der Waals surface area contributed by atoms with Crippen LogP contribution in [0, 0.1) is 5.41 Å². The Kier molecular flexibility index (Phi) is 5.65. The van der Waals surface area contributed by atoms with Crippen molar-refractivity contribution in [3.8, 4) is 0 Å². The largest absolute Gasteiger partial charge is 0.342 e. The van der Waals surface area contributed by atoms with Crippen LogP contribution in [0.25, 0.3) is 0 Å². The van der Waals surface area contributed by atoms with Crippen molar-refractivity contribution in [1.29, 1.82) is 0 Å². The Bertz CT molecular complexity index is 558.